The Morgan fingerprint density at radius 1 is 1.41 bits per heavy atom. The maximum atomic E-state index is 13.7. The molecule has 0 atom stereocenters. The molecule has 120 valence electrons. The van der Waals surface area contributed by atoms with Crippen LogP contribution in [-0.4, -0.2) is 19.7 Å². The van der Waals surface area contributed by atoms with Crippen LogP contribution >= 0.6 is 23.2 Å². The highest BCUT2D eigenvalue weighted by Gasteiger charge is 2.14. The highest BCUT2D eigenvalue weighted by molar-refractivity contribution is 6.38. The fraction of sp³-hybridized carbons (Fsp3) is 0.312. The Morgan fingerprint density at radius 3 is 2.59 bits per heavy atom. The number of esters is 1. The number of benzene rings is 1. The van der Waals surface area contributed by atoms with Crippen LogP contribution in [0.5, 0.6) is 5.75 Å². The molecule has 1 aromatic rings. The van der Waals surface area contributed by atoms with Crippen molar-refractivity contribution in [3.63, 3.8) is 0 Å². The van der Waals surface area contributed by atoms with Gasteiger partial charge in [-0.15, -0.1) is 0 Å². The molecule has 0 fully saturated rings. The molecule has 0 saturated carbocycles. The molecular weight excluding hydrogens is 330 g/mol. The summed E-state index contributed by atoms with van der Waals surface area (Å²) in [6, 6.07) is 1.63. The van der Waals surface area contributed by atoms with E-state index >= 15 is 0 Å². The molecule has 0 bridgehead atoms. The van der Waals surface area contributed by atoms with Gasteiger partial charge in [0.2, 0.25) is 5.83 Å². The minimum absolute atomic E-state index is 0.110. The Bertz CT molecular complexity index is 637. The van der Waals surface area contributed by atoms with E-state index in [0.29, 0.717) is 21.4 Å². The lowest BCUT2D eigenvalue weighted by molar-refractivity contribution is -0.140. The topological polar surface area (TPSA) is 35.5 Å². The van der Waals surface area contributed by atoms with Crippen LogP contribution in [0.25, 0.3) is 6.08 Å². The van der Waals surface area contributed by atoms with Crippen molar-refractivity contribution in [2.45, 2.75) is 20.8 Å². The zero-order valence-corrected chi connectivity index (χ0v) is 14.3. The molecule has 0 N–H and O–H groups in total. The van der Waals surface area contributed by atoms with E-state index in [1.54, 1.807) is 26.0 Å². The standard InChI is InChI=1S/C16H17Cl2FO3/c1-5-22-16(20)15(19)9(2)6-7-11-12(17)8-13(21-4)10(3)14(11)18/h6-8H,5H2,1-4H3/b7-6+,15-9-. The molecule has 0 spiro atoms. The van der Waals surface area contributed by atoms with E-state index in [9.17, 15) is 9.18 Å². The Balaban J connectivity index is 3.17. The summed E-state index contributed by atoms with van der Waals surface area (Å²) in [5.74, 6) is -1.37. The summed E-state index contributed by atoms with van der Waals surface area (Å²) in [6.45, 7) is 4.96. The van der Waals surface area contributed by atoms with E-state index in [2.05, 4.69) is 4.74 Å². The first-order valence-electron chi connectivity index (χ1n) is 6.57. The van der Waals surface area contributed by atoms with Crippen molar-refractivity contribution < 1.29 is 18.7 Å². The van der Waals surface area contributed by atoms with Crippen molar-refractivity contribution in [2.24, 2.45) is 0 Å². The molecule has 0 aliphatic rings. The molecule has 3 nitrogen and oxygen atoms in total. The zero-order chi connectivity index (χ0) is 16.9. The van der Waals surface area contributed by atoms with Gasteiger partial charge >= 0.3 is 5.97 Å². The average molecular weight is 347 g/mol. The minimum atomic E-state index is -0.993. The number of hydrogen-bond acceptors (Lipinski definition) is 3. The van der Waals surface area contributed by atoms with Crippen molar-refractivity contribution >= 4 is 35.2 Å². The third-order valence-electron chi connectivity index (χ3n) is 2.97. The number of carbonyl (C=O) groups is 1. The quantitative estimate of drug-likeness (QED) is 0.421. The summed E-state index contributed by atoms with van der Waals surface area (Å²) in [5, 5.41) is 0.776. The molecule has 0 heterocycles. The zero-order valence-electron chi connectivity index (χ0n) is 12.8. The molecule has 22 heavy (non-hydrogen) atoms. The third kappa shape index (κ3) is 4.24. The summed E-state index contributed by atoms with van der Waals surface area (Å²) in [5.41, 5.74) is 1.37. The Morgan fingerprint density at radius 2 is 2.05 bits per heavy atom. The van der Waals surface area contributed by atoms with Crippen molar-refractivity contribution in [1.82, 2.24) is 0 Å². The Labute approximate surface area is 139 Å². The summed E-state index contributed by atoms with van der Waals surface area (Å²) in [7, 11) is 1.52. The molecule has 0 radical (unpaired) electrons. The predicted molar refractivity (Wildman–Crippen MR) is 87.2 cm³/mol. The molecule has 6 heteroatoms. The van der Waals surface area contributed by atoms with Gasteiger partial charge in [0.25, 0.3) is 0 Å². The molecule has 0 unspecified atom stereocenters. The van der Waals surface area contributed by atoms with Crippen LogP contribution < -0.4 is 4.74 Å². The van der Waals surface area contributed by atoms with Crippen LogP contribution in [0, 0.1) is 6.92 Å². The highest BCUT2D eigenvalue weighted by Crippen LogP contribution is 2.35. The maximum absolute atomic E-state index is 13.7. The van der Waals surface area contributed by atoms with Gasteiger partial charge in [-0.1, -0.05) is 35.4 Å². The van der Waals surface area contributed by atoms with Gasteiger partial charge in [0, 0.05) is 11.1 Å². The summed E-state index contributed by atoms with van der Waals surface area (Å²) in [6.07, 6.45) is 2.97. The van der Waals surface area contributed by atoms with Gasteiger partial charge in [-0.25, -0.2) is 4.79 Å². The van der Waals surface area contributed by atoms with Gasteiger partial charge in [0.05, 0.1) is 23.8 Å². The van der Waals surface area contributed by atoms with E-state index in [0.717, 1.165) is 5.56 Å². The largest absolute Gasteiger partial charge is 0.496 e. The fourth-order valence-corrected chi connectivity index (χ4v) is 2.28. The highest BCUT2D eigenvalue weighted by atomic mass is 35.5. The number of ether oxygens (including phenoxy) is 2. The number of hydrogen-bond donors (Lipinski definition) is 0. The summed E-state index contributed by atoms with van der Waals surface area (Å²) in [4.78, 5) is 11.3. The van der Waals surface area contributed by atoms with Gasteiger partial charge in [-0.05, 0) is 32.4 Å². The molecule has 0 aromatic heterocycles. The normalized spacial score (nSPS) is 12.3. The molecule has 0 saturated heterocycles. The Hall–Kier alpha value is -1.52. The lowest BCUT2D eigenvalue weighted by Crippen LogP contribution is -2.05. The van der Waals surface area contributed by atoms with E-state index in [4.69, 9.17) is 27.9 Å². The van der Waals surface area contributed by atoms with Crippen LogP contribution in [0.4, 0.5) is 4.39 Å². The Kier molecular flexibility index (Phi) is 6.91. The van der Waals surface area contributed by atoms with Crippen molar-refractivity contribution in [2.75, 3.05) is 13.7 Å². The van der Waals surface area contributed by atoms with Gasteiger partial charge in [-0.3, -0.25) is 0 Å². The van der Waals surface area contributed by atoms with Crippen molar-refractivity contribution in [3.05, 3.63) is 44.7 Å². The molecular formula is C16H17Cl2FO3. The maximum Gasteiger partial charge on any atom is 0.367 e. The number of rotatable bonds is 5. The fourth-order valence-electron chi connectivity index (χ4n) is 1.72. The average Bonchev–Trinajstić information content (AvgIpc) is 2.49. The summed E-state index contributed by atoms with van der Waals surface area (Å²) >= 11 is 12.4. The SMILES string of the molecule is CCOC(=O)/C(F)=C(C)/C=C/c1c(Cl)cc(OC)c(C)c1Cl. The van der Waals surface area contributed by atoms with E-state index in [1.165, 1.54) is 20.1 Å². The number of halogens is 3. The van der Waals surface area contributed by atoms with Crippen molar-refractivity contribution in [1.29, 1.82) is 0 Å². The van der Waals surface area contributed by atoms with Gasteiger partial charge in [0.15, 0.2) is 0 Å². The van der Waals surface area contributed by atoms with E-state index in [-0.39, 0.29) is 12.2 Å². The number of allylic oxidation sites excluding steroid dienone is 2. The first-order valence-corrected chi connectivity index (χ1v) is 7.33. The predicted octanol–water partition coefficient (Wildman–Crippen LogP) is 5.13. The first-order chi connectivity index (χ1) is 10.3. The second kappa shape index (κ2) is 8.20. The third-order valence-corrected chi connectivity index (χ3v) is 3.77. The molecule has 0 aliphatic carbocycles. The van der Waals surface area contributed by atoms with Crippen LogP contribution in [0.15, 0.2) is 23.5 Å². The lowest BCUT2D eigenvalue weighted by atomic mass is 10.1. The van der Waals surface area contributed by atoms with Gasteiger partial charge in [0.1, 0.15) is 5.75 Å². The van der Waals surface area contributed by atoms with Crippen LogP contribution in [0.2, 0.25) is 10.0 Å². The van der Waals surface area contributed by atoms with Gasteiger partial charge < -0.3 is 9.47 Å². The smallest absolute Gasteiger partial charge is 0.367 e. The second-order valence-electron chi connectivity index (χ2n) is 4.46. The molecule has 0 aliphatic heterocycles. The monoisotopic (exact) mass is 346 g/mol. The van der Waals surface area contributed by atoms with Crippen molar-refractivity contribution in [3.8, 4) is 5.75 Å². The first kappa shape index (κ1) is 18.5. The molecule has 1 rings (SSSR count). The van der Waals surface area contributed by atoms with E-state index in [1.807, 2.05) is 0 Å². The van der Waals surface area contributed by atoms with Gasteiger partial charge in [-0.2, -0.15) is 4.39 Å². The van der Waals surface area contributed by atoms with Crippen LogP contribution in [0.1, 0.15) is 25.0 Å². The minimum Gasteiger partial charge on any atom is -0.496 e. The van der Waals surface area contributed by atoms with E-state index < -0.39 is 11.8 Å². The van der Waals surface area contributed by atoms with Crippen LogP contribution in [-0.2, 0) is 9.53 Å². The summed E-state index contributed by atoms with van der Waals surface area (Å²) < 4.78 is 23.5. The number of methoxy groups -OCH3 is 1. The second-order valence-corrected chi connectivity index (χ2v) is 5.25. The molecule has 0 amide bonds. The number of carbonyl (C=O) groups excluding carboxylic acids is 1. The lowest BCUT2D eigenvalue weighted by Gasteiger charge is -2.11. The van der Waals surface area contributed by atoms with Crippen LogP contribution in [0.3, 0.4) is 0 Å². The molecule has 1 aromatic carbocycles.